The van der Waals surface area contributed by atoms with E-state index in [4.69, 9.17) is 16.0 Å². The normalized spacial score (nSPS) is 10.8. The van der Waals surface area contributed by atoms with Gasteiger partial charge < -0.3 is 4.42 Å². The van der Waals surface area contributed by atoms with Gasteiger partial charge in [-0.25, -0.2) is 9.97 Å². The molecule has 2 aromatic heterocycles. The molecule has 0 fully saturated rings. The summed E-state index contributed by atoms with van der Waals surface area (Å²) in [5.41, 5.74) is 1.98. The topological polar surface area (TPSA) is 38.9 Å². The van der Waals surface area contributed by atoms with E-state index in [-0.39, 0.29) is 0 Å². The third kappa shape index (κ3) is 2.39. The molecule has 2 heterocycles. The molecule has 2 aromatic rings. The Morgan fingerprint density at radius 2 is 2.06 bits per heavy atom. The van der Waals surface area contributed by atoms with Gasteiger partial charge in [-0.3, -0.25) is 0 Å². The van der Waals surface area contributed by atoms with E-state index >= 15 is 0 Å². The lowest BCUT2D eigenvalue weighted by molar-refractivity contribution is 0.431. The van der Waals surface area contributed by atoms with Crippen molar-refractivity contribution in [3.05, 3.63) is 34.4 Å². The number of halogens is 1. The molecule has 0 bridgehead atoms. The minimum absolute atomic E-state index is 0.480. The number of hydrogen-bond donors (Lipinski definition) is 0. The van der Waals surface area contributed by atoms with Crippen molar-refractivity contribution < 1.29 is 4.42 Å². The smallest absolute Gasteiger partial charge is 0.261 e. The fraction of sp³-hybridized carbons (Fsp3) is 0.273. The maximum absolute atomic E-state index is 5.84. The predicted octanol–water partition coefficient (Wildman–Crippen LogP) is 3.80. The van der Waals surface area contributed by atoms with E-state index in [1.165, 1.54) is 11.8 Å². The molecule has 5 heteroatoms. The van der Waals surface area contributed by atoms with E-state index in [0.29, 0.717) is 10.4 Å². The summed E-state index contributed by atoms with van der Waals surface area (Å²) >= 11 is 7.31. The van der Waals surface area contributed by atoms with Gasteiger partial charge >= 0.3 is 0 Å². The molecule has 0 N–H and O–H groups in total. The summed E-state index contributed by atoms with van der Waals surface area (Å²) in [5.74, 6) is 0.848. The van der Waals surface area contributed by atoms with Gasteiger partial charge in [0.2, 0.25) is 0 Å². The molecule has 0 amide bonds. The van der Waals surface area contributed by atoms with Crippen LogP contribution in [0, 0.1) is 20.8 Å². The molecule has 0 radical (unpaired) electrons. The van der Waals surface area contributed by atoms with Crippen LogP contribution in [0.15, 0.2) is 26.8 Å². The second-order valence-corrected chi connectivity index (χ2v) is 4.88. The molecule has 0 saturated heterocycles. The highest BCUT2D eigenvalue weighted by Crippen LogP contribution is 2.31. The lowest BCUT2D eigenvalue weighted by atomic mass is 10.3. The number of pyridine rings is 1. The minimum Gasteiger partial charge on any atom is -0.436 e. The Kier molecular flexibility index (Phi) is 3.21. The van der Waals surface area contributed by atoms with Crippen LogP contribution in [0.2, 0.25) is 5.15 Å². The van der Waals surface area contributed by atoms with Crippen LogP contribution in [0.1, 0.15) is 17.0 Å². The van der Waals surface area contributed by atoms with Crippen molar-refractivity contribution in [1.29, 1.82) is 0 Å². The van der Waals surface area contributed by atoms with E-state index in [2.05, 4.69) is 9.97 Å². The van der Waals surface area contributed by atoms with Crippen LogP contribution in [-0.4, -0.2) is 9.97 Å². The Morgan fingerprint density at radius 3 is 2.69 bits per heavy atom. The van der Waals surface area contributed by atoms with Gasteiger partial charge in [0.15, 0.2) is 0 Å². The monoisotopic (exact) mass is 254 g/mol. The number of aromatic nitrogens is 2. The third-order valence-electron chi connectivity index (χ3n) is 2.23. The van der Waals surface area contributed by atoms with E-state index in [1.54, 1.807) is 6.20 Å². The molecule has 0 aromatic carbocycles. The second-order valence-electron chi connectivity index (χ2n) is 3.50. The zero-order valence-electron chi connectivity index (χ0n) is 9.24. The van der Waals surface area contributed by atoms with Crippen LogP contribution in [0.3, 0.4) is 0 Å². The molecule has 0 aliphatic heterocycles. The number of rotatable bonds is 2. The highest BCUT2D eigenvalue weighted by Gasteiger charge is 2.09. The van der Waals surface area contributed by atoms with Crippen LogP contribution in [-0.2, 0) is 0 Å². The van der Waals surface area contributed by atoms with Crippen LogP contribution in [0.4, 0.5) is 0 Å². The van der Waals surface area contributed by atoms with Crippen molar-refractivity contribution in [3.8, 4) is 0 Å². The Morgan fingerprint density at radius 1 is 1.31 bits per heavy atom. The van der Waals surface area contributed by atoms with E-state index in [1.807, 2.05) is 26.8 Å². The first-order valence-corrected chi connectivity index (χ1v) is 5.99. The number of aryl methyl sites for hydroxylation is 3. The minimum atomic E-state index is 0.480. The first-order chi connectivity index (χ1) is 7.56. The van der Waals surface area contributed by atoms with Crippen molar-refractivity contribution in [2.75, 3.05) is 0 Å². The summed E-state index contributed by atoms with van der Waals surface area (Å²) in [6, 6.07) is 1.82. The quantitative estimate of drug-likeness (QED) is 0.764. The zero-order valence-corrected chi connectivity index (χ0v) is 10.8. The van der Waals surface area contributed by atoms with Crippen molar-refractivity contribution in [2.24, 2.45) is 0 Å². The molecule has 0 saturated carbocycles. The van der Waals surface area contributed by atoms with Gasteiger partial charge in [0.25, 0.3) is 5.22 Å². The SMILES string of the molecule is Cc1cnc(Cl)cc1Sc1nc(C)c(C)o1. The van der Waals surface area contributed by atoms with Crippen molar-refractivity contribution >= 4 is 23.4 Å². The summed E-state index contributed by atoms with van der Waals surface area (Å²) in [7, 11) is 0. The van der Waals surface area contributed by atoms with Crippen LogP contribution < -0.4 is 0 Å². The van der Waals surface area contributed by atoms with Crippen molar-refractivity contribution in [1.82, 2.24) is 9.97 Å². The Balaban J connectivity index is 2.29. The average molecular weight is 255 g/mol. The molecule has 0 unspecified atom stereocenters. The molecular weight excluding hydrogens is 244 g/mol. The lowest BCUT2D eigenvalue weighted by Gasteiger charge is -2.01. The van der Waals surface area contributed by atoms with E-state index in [0.717, 1.165) is 21.9 Å². The number of nitrogens with zero attached hydrogens (tertiary/aromatic N) is 2. The molecule has 0 aliphatic carbocycles. The predicted molar refractivity (Wildman–Crippen MR) is 64.1 cm³/mol. The molecule has 0 spiro atoms. The van der Waals surface area contributed by atoms with Gasteiger partial charge in [-0.2, -0.15) is 0 Å². The first kappa shape index (κ1) is 11.5. The van der Waals surface area contributed by atoms with Gasteiger partial charge in [-0.15, -0.1) is 0 Å². The lowest BCUT2D eigenvalue weighted by Crippen LogP contribution is -1.83. The third-order valence-corrected chi connectivity index (χ3v) is 3.44. The number of hydrogen-bond acceptors (Lipinski definition) is 4. The fourth-order valence-corrected chi connectivity index (χ4v) is 2.32. The largest absolute Gasteiger partial charge is 0.436 e. The number of oxazole rings is 1. The van der Waals surface area contributed by atoms with Crippen LogP contribution >= 0.6 is 23.4 Å². The highest BCUT2D eigenvalue weighted by atomic mass is 35.5. The van der Waals surface area contributed by atoms with Crippen molar-refractivity contribution in [2.45, 2.75) is 30.9 Å². The van der Waals surface area contributed by atoms with E-state index in [9.17, 15) is 0 Å². The highest BCUT2D eigenvalue weighted by molar-refractivity contribution is 7.99. The molecular formula is C11H11ClN2OS. The second kappa shape index (κ2) is 4.47. The molecule has 0 atom stereocenters. The molecule has 3 nitrogen and oxygen atoms in total. The summed E-state index contributed by atoms with van der Waals surface area (Å²) in [6.07, 6.45) is 1.74. The maximum Gasteiger partial charge on any atom is 0.261 e. The van der Waals surface area contributed by atoms with Gasteiger partial charge in [-0.05, 0) is 44.2 Å². The average Bonchev–Trinajstić information content (AvgIpc) is 2.52. The van der Waals surface area contributed by atoms with Gasteiger partial charge in [0.1, 0.15) is 10.9 Å². The van der Waals surface area contributed by atoms with Crippen LogP contribution in [0.5, 0.6) is 0 Å². The fourth-order valence-electron chi connectivity index (χ4n) is 1.17. The molecule has 0 aliphatic rings. The summed E-state index contributed by atoms with van der Waals surface area (Å²) in [4.78, 5) is 9.33. The van der Waals surface area contributed by atoms with Gasteiger partial charge in [0.05, 0.1) is 5.69 Å². The summed E-state index contributed by atoms with van der Waals surface area (Å²) in [6.45, 7) is 5.81. The Hall–Kier alpha value is -1.00. The Bertz CT molecular complexity index is 505. The summed E-state index contributed by atoms with van der Waals surface area (Å²) < 4.78 is 5.50. The molecule has 84 valence electrons. The molecule has 16 heavy (non-hydrogen) atoms. The zero-order chi connectivity index (χ0) is 11.7. The maximum atomic E-state index is 5.84. The standard InChI is InChI=1S/C11H11ClN2OS/c1-6-5-13-10(12)4-9(6)16-11-14-7(2)8(3)15-11/h4-5H,1-3H3. The Labute approximate surface area is 103 Å². The van der Waals surface area contributed by atoms with E-state index < -0.39 is 0 Å². The summed E-state index contributed by atoms with van der Waals surface area (Å²) in [5, 5.41) is 1.12. The van der Waals surface area contributed by atoms with Crippen LogP contribution in [0.25, 0.3) is 0 Å². The van der Waals surface area contributed by atoms with Crippen molar-refractivity contribution in [3.63, 3.8) is 0 Å². The van der Waals surface area contributed by atoms with Gasteiger partial charge in [-0.1, -0.05) is 11.6 Å². The molecule has 2 rings (SSSR count). The van der Waals surface area contributed by atoms with Gasteiger partial charge in [0, 0.05) is 11.1 Å². The first-order valence-electron chi connectivity index (χ1n) is 4.80.